The molecule has 2 heterocycles. The molecule has 10 heteroatoms. The van der Waals surface area contributed by atoms with Gasteiger partial charge in [0.1, 0.15) is 11.9 Å². The highest BCUT2D eigenvalue weighted by molar-refractivity contribution is 6.06. The Balaban J connectivity index is 1.44. The number of nitrogens with one attached hydrogen (secondary N) is 2. The van der Waals surface area contributed by atoms with Crippen molar-refractivity contribution in [3.8, 4) is 11.5 Å². The van der Waals surface area contributed by atoms with Gasteiger partial charge in [0.2, 0.25) is 6.79 Å². The van der Waals surface area contributed by atoms with Crippen LogP contribution in [0.3, 0.4) is 0 Å². The third-order valence-corrected chi connectivity index (χ3v) is 4.20. The van der Waals surface area contributed by atoms with Gasteiger partial charge in [0, 0.05) is 23.0 Å². The molecule has 0 fully saturated rings. The van der Waals surface area contributed by atoms with E-state index >= 15 is 0 Å². The smallest absolute Gasteiger partial charge is 0.287 e. The van der Waals surface area contributed by atoms with Crippen LogP contribution < -0.4 is 20.1 Å². The van der Waals surface area contributed by atoms with Crippen LogP contribution in [0, 0.1) is 10.1 Å². The van der Waals surface area contributed by atoms with Crippen LogP contribution in [-0.2, 0) is 0 Å². The fraction of sp³-hybridized carbons (Fsp3) is 0.0500. The summed E-state index contributed by atoms with van der Waals surface area (Å²) in [5.74, 6) is 0.188. The molecule has 10 nitrogen and oxygen atoms in total. The number of fused-ring (bicyclic) bond motifs is 1. The van der Waals surface area contributed by atoms with E-state index in [0.29, 0.717) is 28.4 Å². The lowest BCUT2D eigenvalue weighted by atomic mass is 10.2. The van der Waals surface area contributed by atoms with Crippen LogP contribution in [0.15, 0.2) is 60.8 Å². The first-order chi connectivity index (χ1) is 14.5. The van der Waals surface area contributed by atoms with Gasteiger partial charge in [0.15, 0.2) is 11.5 Å². The average molecular weight is 406 g/mol. The van der Waals surface area contributed by atoms with Crippen molar-refractivity contribution in [2.75, 3.05) is 17.4 Å². The Morgan fingerprint density at radius 3 is 2.37 bits per heavy atom. The largest absolute Gasteiger partial charge is 0.454 e. The number of anilines is 2. The van der Waals surface area contributed by atoms with E-state index in [-0.39, 0.29) is 24.1 Å². The number of nitro groups is 1. The van der Waals surface area contributed by atoms with Gasteiger partial charge in [0.25, 0.3) is 17.5 Å². The van der Waals surface area contributed by atoms with E-state index in [9.17, 15) is 19.7 Å². The Hall–Kier alpha value is -4.47. The van der Waals surface area contributed by atoms with Gasteiger partial charge in [0.05, 0.1) is 4.92 Å². The number of hydrogen-bond acceptors (Lipinski definition) is 7. The number of carbonyl (C=O) groups is 2. The number of pyridine rings is 1. The summed E-state index contributed by atoms with van der Waals surface area (Å²) in [6.07, 6.45) is 1.01. The van der Waals surface area contributed by atoms with Crippen molar-refractivity contribution in [3.05, 3.63) is 82.2 Å². The second-order valence-electron chi connectivity index (χ2n) is 6.22. The summed E-state index contributed by atoms with van der Waals surface area (Å²) in [6, 6.07) is 13.9. The van der Waals surface area contributed by atoms with Gasteiger partial charge in [-0.05, 0) is 42.5 Å². The van der Waals surface area contributed by atoms with Crippen LogP contribution in [-0.4, -0.2) is 28.5 Å². The molecule has 0 saturated carbocycles. The first kappa shape index (κ1) is 18.9. The quantitative estimate of drug-likeness (QED) is 0.491. The SMILES string of the molecule is O=C(Nc1cccc(NC(=O)c2ccc([N+](=O)[O-])cn2)c1)c1ccc2c(c1)OCO2. The molecule has 1 aliphatic rings. The van der Waals surface area contributed by atoms with Crippen LogP contribution in [0.1, 0.15) is 20.8 Å². The second-order valence-corrected chi connectivity index (χ2v) is 6.22. The summed E-state index contributed by atoms with van der Waals surface area (Å²) in [5.41, 5.74) is 1.09. The van der Waals surface area contributed by atoms with E-state index in [1.807, 2.05) is 0 Å². The normalized spacial score (nSPS) is 11.6. The number of benzene rings is 2. The number of aromatic nitrogens is 1. The van der Waals surface area contributed by atoms with Crippen molar-refractivity contribution in [3.63, 3.8) is 0 Å². The van der Waals surface area contributed by atoms with Crippen molar-refractivity contribution in [2.24, 2.45) is 0 Å². The molecule has 2 N–H and O–H groups in total. The maximum atomic E-state index is 12.5. The fourth-order valence-electron chi connectivity index (χ4n) is 2.74. The molecule has 150 valence electrons. The molecule has 1 aromatic heterocycles. The van der Waals surface area contributed by atoms with Gasteiger partial charge in [-0.25, -0.2) is 4.98 Å². The first-order valence-electron chi connectivity index (χ1n) is 8.72. The van der Waals surface area contributed by atoms with E-state index in [1.54, 1.807) is 42.5 Å². The maximum Gasteiger partial charge on any atom is 0.287 e. The summed E-state index contributed by atoms with van der Waals surface area (Å²) in [6.45, 7) is 0.117. The maximum absolute atomic E-state index is 12.5. The number of ether oxygens (including phenoxy) is 2. The molecule has 0 radical (unpaired) electrons. The van der Waals surface area contributed by atoms with Crippen LogP contribution in [0.25, 0.3) is 0 Å². The molecule has 0 saturated heterocycles. The van der Waals surface area contributed by atoms with Gasteiger partial charge in [-0.15, -0.1) is 0 Å². The van der Waals surface area contributed by atoms with E-state index in [2.05, 4.69) is 15.6 Å². The highest BCUT2D eigenvalue weighted by atomic mass is 16.7. The Kier molecular flexibility index (Phi) is 4.95. The number of amides is 2. The third-order valence-electron chi connectivity index (χ3n) is 4.20. The summed E-state index contributed by atoms with van der Waals surface area (Å²) in [4.78, 5) is 38.7. The van der Waals surface area contributed by atoms with Gasteiger partial charge < -0.3 is 20.1 Å². The molecular weight excluding hydrogens is 392 g/mol. The summed E-state index contributed by atoms with van der Waals surface area (Å²) >= 11 is 0. The Labute approximate surface area is 169 Å². The van der Waals surface area contributed by atoms with Crippen LogP contribution in [0.4, 0.5) is 17.1 Å². The molecule has 0 atom stereocenters. The highest BCUT2D eigenvalue weighted by Gasteiger charge is 2.17. The van der Waals surface area contributed by atoms with Crippen molar-refractivity contribution < 1.29 is 24.0 Å². The average Bonchev–Trinajstić information content (AvgIpc) is 3.22. The number of rotatable bonds is 5. The summed E-state index contributed by atoms with van der Waals surface area (Å²) in [5, 5.41) is 16.1. The van der Waals surface area contributed by atoms with Gasteiger partial charge >= 0.3 is 0 Å². The predicted molar refractivity (Wildman–Crippen MR) is 106 cm³/mol. The van der Waals surface area contributed by atoms with E-state index in [4.69, 9.17) is 9.47 Å². The fourth-order valence-corrected chi connectivity index (χ4v) is 2.74. The molecule has 4 rings (SSSR count). The zero-order valence-electron chi connectivity index (χ0n) is 15.3. The Morgan fingerprint density at radius 1 is 0.933 bits per heavy atom. The first-order valence-corrected chi connectivity index (χ1v) is 8.72. The molecule has 2 aromatic carbocycles. The van der Waals surface area contributed by atoms with Gasteiger partial charge in [-0.3, -0.25) is 19.7 Å². The van der Waals surface area contributed by atoms with E-state index < -0.39 is 10.8 Å². The predicted octanol–water partition coefficient (Wildman–Crippen LogP) is 3.22. The number of hydrogen-bond donors (Lipinski definition) is 2. The lowest BCUT2D eigenvalue weighted by Gasteiger charge is -2.09. The topological polar surface area (TPSA) is 133 Å². The van der Waals surface area contributed by atoms with Crippen molar-refractivity contribution in [1.29, 1.82) is 0 Å². The second kappa shape index (κ2) is 7.87. The summed E-state index contributed by atoms with van der Waals surface area (Å²) < 4.78 is 10.5. The molecular formula is C20H14N4O6. The Bertz CT molecular complexity index is 1150. The summed E-state index contributed by atoms with van der Waals surface area (Å²) in [7, 11) is 0. The van der Waals surface area contributed by atoms with Crippen molar-refractivity contribution in [1.82, 2.24) is 4.98 Å². The third kappa shape index (κ3) is 4.02. The van der Waals surface area contributed by atoms with Crippen LogP contribution in [0.2, 0.25) is 0 Å². The molecule has 0 spiro atoms. The lowest BCUT2D eigenvalue weighted by Crippen LogP contribution is -2.15. The molecule has 0 aliphatic carbocycles. The zero-order valence-corrected chi connectivity index (χ0v) is 15.3. The number of nitrogens with zero attached hydrogens (tertiary/aromatic N) is 2. The number of carbonyl (C=O) groups excluding carboxylic acids is 2. The standard InChI is InChI=1S/C20H14N4O6/c25-19(12-4-7-17-18(8-12)30-11-29-17)22-13-2-1-3-14(9-13)23-20(26)16-6-5-15(10-21-16)24(27)28/h1-10H,11H2,(H,22,25)(H,23,26). The Morgan fingerprint density at radius 2 is 1.67 bits per heavy atom. The molecule has 30 heavy (non-hydrogen) atoms. The minimum Gasteiger partial charge on any atom is -0.454 e. The highest BCUT2D eigenvalue weighted by Crippen LogP contribution is 2.32. The molecule has 2 amide bonds. The van der Waals surface area contributed by atoms with E-state index in [1.165, 1.54) is 12.1 Å². The minimum absolute atomic E-state index is 0.0235. The van der Waals surface area contributed by atoms with Gasteiger partial charge in [-0.1, -0.05) is 6.07 Å². The molecule has 1 aliphatic heterocycles. The molecule has 0 bridgehead atoms. The van der Waals surface area contributed by atoms with Crippen LogP contribution in [0.5, 0.6) is 11.5 Å². The molecule has 0 unspecified atom stereocenters. The van der Waals surface area contributed by atoms with E-state index in [0.717, 1.165) is 6.20 Å². The van der Waals surface area contributed by atoms with Crippen LogP contribution >= 0.6 is 0 Å². The monoisotopic (exact) mass is 406 g/mol. The van der Waals surface area contributed by atoms with Crippen molar-refractivity contribution >= 4 is 28.9 Å². The van der Waals surface area contributed by atoms with Gasteiger partial charge in [-0.2, -0.15) is 0 Å². The van der Waals surface area contributed by atoms with Crippen molar-refractivity contribution in [2.45, 2.75) is 0 Å². The minimum atomic E-state index is -0.596. The zero-order chi connectivity index (χ0) is 21.1. The lowest BCUT2D eigenvalue weighted by molar-refractivity contribution is -0.385. The molecule has 3 aromatic rings.